The molecule has 2 saturated heterocycles. The topological polar surface area (TPSA) is 151 Å². The summed E-state index contributed by atoms with van der Waals surface area (Å²) in [6, 6.07) is 4.99. The highest BCUT2D eigenvalue weighted by Gasteiger charge is 2.44. The van der Waals surface area contributed by atoms with Crippen molar-refractivity contribution in [3.05, 3.63) is 40.6 Å². The van der Waals surface area contributed by atoms with Crippen molar-refractivity contribution in [2.24, 2.45) is 0 Å². The summed E-state index contributed by atoms with van der Waals surface area (Å²) in [6.07, 6.45) is 8.98. The van der Waals surface area contributed by atoms with Gasteiger partial charge in [0.05, 0.1) is 23.1 Å². The van der Waals surface area contributed by atoms with Crippen molar-refractivity contribution in [1.82, 2.24) is 29.9 Å². The van der Waals surface area contributed by atoms with Crippen molar-refractivity contribution in [3.63, 3.8) is 0 Å². The van der Waals surface area contributed by atoms with Gasteiger partial charge in [0.15, 0.2) is 0 Å². The van der Waals surface area contributed by atoms with Crippen LogP contribution in [0, 0.1) is 11.3 Å². The van der Waals surface area contributed by atoms with Gasteiger partial charge in [-0.05, 0) is 84.9 Å². The highest BCUT2D eigenvalue weighted by Crippen LogP contribution is 2.48. The van der Waals surface area contributed by atoms with Gasteiger partial charge >= 0.3 is 6.01 Å². The van der Waals surface area contributed by atoms with Crippen LogP contribution < -0.4 is 15.4 Å². The average molecular weight is 644 g/mol. The molecule has 0 aromatic carbocycles. The maximum Gasteiger partial charge on any atom is 0.319 e. The molecule has 0 spiro atoms. The Kier molecular flexibility index (Phi) is 7.97. The molecule has 12 nitrogen and oxygen atoms in total. The van der Waals surface area contributed by atoms with Crippen molar-refractivity contribution in [2.45, 2.75) is 94.9 Å². The van der Waals surface area contributed by atoms with Crippen molar-refractivity contribution in [3.8, 4) is 23.6 Å². The second-order valence-corrected chi connectivity index (χ2v) is 14.4. The molecular weight excluding hydrogens is 602 g/mol. The van der Waals surface area contributed by atoms with Gasteiger partial charge in [0, 0.05) is 35.6 Å². The first-order valence-electron chi connectivity index (χ1n) is 16.3. The van der Waals surface area contributed by atoms with Crippen LogP contribution in [0.3, 0.4) is 0 Å². The number of ether oxygens (including phenoxy) is 1. The van der Waals surface area contributed by atoms with Gasteiger partial charge in [-0.1, -0.05) is 11.7 Å². The van der Waals surface area contributed by atoms with E-state index in [2.05, 4.69) is 48.5 Å². The summed E-state index contributed by atoms with van der Waals surface area (Å²) in [7, 11) is 2.13. The van der Waals surface area contributed by atoms with E-state index in [1.165, 1.54) is 17.4 Å². The zero-order chi connectivity index (χ0) is 32.2. The normalized spacial score (nSPS) is 26.8. The highest BCUT2D eigenvalue weighted by molar-refractivity contribution is 7.16. The number of carbonyl (C=O) groups excluding carboxylic acids is 1. The van der Waals surface area contributed by atoms with Crippen LogP contribution in [0.25, 0.3) is 11.5 Å². The molecule has 1 amide bonds. The number of thiophene rings is 1. The van der Waals surface area contributed by atoms with Crippen molar-refractivity contribution in [2.75, 3.05) is 37.3 Å². The molecule has 5 atom stereocenters. The first-order valence-corrected chi connectivity index (χ1v) is 17.2. The molecule has 13 heteroatoms. The Morgan fingerprint density at radius 3 is 2.80 bits per heavy atom. The van der Waals surface area contributed by atoms with E-state index in [4.69, 9.17) is 29.9 Å². The molecule has 3 fully saturated rings. The van der Waals surface area contributed by atoms with Gasteiger partial charge < -0.3 is 24.8 Å². The average Bonchev–Trinajstić information content (AvgIpc) is 3.86. The monoisotopic (exact) mass is 643 g/mol. The Balaban J connectivity index is 1.26. The first kappa shape index (κ1) is 30.6. The number of anilines is 2. The lowest BCUT2D eigenvalue weighted by molar-refractivity contribution is -0.129. The largest absolute Gasteiger partial charge is 0.459 e. The van der Waals surface area contributed by atoms with Crippen LogP contribution in [-0.2, 0) is 16.6 Å². The van der Waals surface area contributed by atoms with Crippen LogP contribution in [0.4, 0.5) is 10.8 Å². The molecular formula is C33H41N9O3S. The fourth-order valence-electron chi connectivity index (χ4n) is 8.23. The van der Waals surface area contributed by atoms with Crippen LogP contribution in [-0.4, -0.2) is 86.7 Å². The van der Waals surface area contributed by atoms with E-state index in [-0.39, 0.29) is 36.1 Å². The Morgan fingerprint density at radius 1 is 1.22 bits per heavy atom. The number of hydrogen-bond donors (Lipinski definition) is 1. The van der Waals surface area contributed by atoms with Gasteiger partial charge in [-0.15, -0.1) is 11.3 Å². The van der Waals surface area contributed by atoms with E-state index in [0.29, 0.717) is 41.1 Å². The third-order valence-electron chi connectivity index (χ3n) is 10.6. The Morgan fingerprint density at radius 2 is 2.04 bits per heavy atom. The number of carbonyl (C=O) groups is 1. The standard InChI is InChI=1S/C33H41N9O3S/c1-5-27(43)42-16-15-41(23-9-6-10-24(23)42)26-17-21(36-32(37-26)44-19(2)22-11-8-14-40(22)4)30-38-31(45-39-30)33(3)13-7-12-25-28(33)20(18-34)29(35)46-25/h5,17,19,22-24H,1,6-16,35H2,2-4H3/t19-,22-,23?,24?,33-/m0/s1. The number of nitriles is 1. The van der Waals surface area contributed by atoms with Crippen LogP contribution in [0.15, 0.2) is 23.2 Å². The van der Waals surface area contributed by atoms with Gasteiger partial charge in [-0.25, -0.2) is 0 Å². The second kappa shape index (κ2) is 12.0. The van der Waals surface area contributed by atoms with Crippen molar-refractivity contribution < 1.29 is 14.1 Å². The van der Waals surface area contributed by atoms with Gasteiger partial charge in [0.2, 0.25) is 17.6 Å². The molecule has 242 valence electrons. The predicted octanol–water partition coefficient (Wildman–Crippen LogP) is 4.30. The summed E-state index contributed by atoms with van der Waals surface area (Å²) < 4.78 is 12.4. The van der Waals surface area contributed by atoms with Crippen LogP contribution in [0.1, 0.15) is 80.7 Å². The van der Waals surface area contributed by atoms with E-state index in [1.807, 2.05) is 11.0 Å². The molecule has 2 unspecified atom stereocenters. The number of likely N-dealkylation sites (tertiary alicyclic amines) is 1. The minimum absolute atomic E-state index is 0.0240. The third kappa shape index (κ3) is 5.11. The number of rotatable bonds is 7. The van der Waals surface area contributed by atoms with E-state index < -0.39 is 5.41 Å². The number of nitrogen functional groups attached to an aromatic ring is 1. The molecule has 0 radical (unpaired) electrons. The lowest BCUT2D eigenvalue weighted by atomic mass is 9.72. The Hall–Kier alpha value is -4.02. The molecule has 2 N–H and O–H groups in total. The maximum atomic E-state index is 12.7. The zero-order valence-corrected chi connectivity index (χ0v) is 27.6. The Bertz CT molecular complexity index is 1700. The number of likely N-dealkylation sites (N-methyl/N-ethyl adjacent to an activating group) is 1. The fraction of sp³-hybridized carbons (Fsp3) is 0.576. The van der Waals surface area contributed by atoms with Gasteiger partial charge in [-0.3, -0.25) is 9.69 Å². The molecule has 46 heavy (non-hydrogen) atoms. The van der Waals surface area contributed by atoms with Crippen LogP contribution in [0.5, 0.6) is 6.01 Å². The molecule has 7 rings (SSSR count). The molecule has 1 saturated carbocycles. The molecule has 2 aliphatic heterocycles. The number of amides is 1. The van der Waals surface area contributed by atoms with E-state index in [9.17, 15) is 10.1 Å². The molecule has 2 aliphatic carbocycles. The predicted molar refractivity (Wildman–Crippen MR) is 175 cm³/mol. The molecule has 5 heterocycles. The number of nitrogens with zero attached hydrogens (tertiary/aromatic N) is 8. The third-order valence-corrected chi connectivity index (χ3v) is 11.6. The molecule has 3 aromatic rings. The minimum atomic E-state index is -0.639. The first-order chi connectivity index (χ1) is 22.2. The van der Waals surface area contributed by atoms with Gasteiger partial charge in [-0.2, -0.15) is 20.2 Å². The summed E-state index contributed by atoms with van der Waals surface area (Å²) in [5.74, 6) is 1.48. The number of aryl methyl sites for hydroxylation is 1. The number of aromatic nitrogens is 4. The number of hydrogen-bond acceptors (Lipinski definition) is 12. The lowest BCUT2D eigenvalue weighted by Crippen LogP contribution is -2.59. The van der Waals surface area contributed by atoms with E-state index in [1.54, 1.807) is 0 Å². The van der Waals surface area contributed by atoms with Gasteiger partial charge in [0.25, 0.3) is 0 Å². The summed E-state index contributed by atoms with van der Waals surface area (Å²) >= 11 is 1.48. The number of fused-ring (bicyclic) bond motifs is 2. The van der Waals surface area contributed by atoms with Crippen LogP contribution in [0.2, 0.25) is 0 Å². The zero-order valence-electron chi connectivity index (χ0n) is 26.7. The minimum Gasteiger partial charge on any atom is -0.459 e. The van der Waals surface area contributed by atoms with Crippen LogP contribution >= 0.6 is 11.3 Å². The van der Waals surface area contributed by atoms with Crippen molar-refractivity contribution in [1.29, 1.82) is 5.26 Å². The van der Waals surface area contributed by atoms with E-state index >= 15 is 0 Å². The molecule has 0 bridgehead atoms. The molecule has 4 aliphatic rings. The summed E-state index contributed by atoms with van der Waals surface area (Å²) in [5.41, 5.74) is 7.54. The van der Waals surface area contributed by atoms with Gasteiger partial charge in [0.1, 0.15) is 28.7 Å². The summed E-state index contributed by atoms with van der Waals surface area (Å²) in [4.78, 5) is 35.0. The van der Waals surface area contributed by atoms with Crippen molar-refractivity contribution >= 4 is 28.1 Å². The molecule has 3 aromatic heterocycles. The highest BCUT2D eigenvalue weighted by atomic mass is 32.1. The Labute approximate surface area is 273 Å². The summed E-state index contributed by atoms with van der Waals surface area (Å²) in [6.45, 7) is 10.1. The number of piperazine rings is 1. The summed E-state index contributed by atoms with van der Waals surface area (Å²) in [5, 5.41) is 14.9. The quantitative estimate of drug-likeness (QED) is 0.367. The number of nitrogens with two attached hydrogens (primary N) is 1. The fourth-order valence-corrected chi connectivity index (χ4v) is 9.42. The maximum absolute atomic E-state index is 12.7. The second-order valence-electron chi connectivity index (χ2n) is 13.3. The van der Waals surface area contributed by atoms with E-state index in [0.717, 1.165) is 74.2 Å². The lowest BCUT2D eigenvalue weighted by Gasteiger charge is -2.45. The SMILES string of the molecule is C=CC(=O)N1CCN(c2cc(-c3noc([C@@]4(C)CCCc5sc(N)c(C#N)c54)n3)nc(O[C@@H](C)[C@@H]3CCCN3C)n2)C2CCCC21. The smallest absolute Gasteiger partial charge is 0.319 e.